The van der Waals surface area contributed by atoms with Gasteiger partial charge < -0.3 is 20.6 Å². The van der Waals surface area contributed by atoms with Crippen LogP contribution in [-0.2, 0) is 16.1 Å². The summed E-state index contributed by atoms with van der Waals surface area (Å²) < 4.78 is 1.20. The van der Waals surface area contributed by atoms with E-state index in [-0.39, 0.29) is 25.4 Å². The van der Waals surface area contributed by atoms with E-state index in [9.17, 15) is 14.4 Å². The fraction of sp³-hybridized carbons (Fsp3) is 0.455. The van der Waals surface area contributed by atoms with Gasteiger partial charge >= 0.3 is 12.0 Å². The molecule has 20 heavy (non-hydrogen) atoms. The monoisotopic (exact) mass is 283 g/mol. The average Bonchev–Trinajstić information content (AvgIpc) is 2.81. The number of amides is 3. The van der Waals surface area contributed by atoms with Crippen molar-refractivity contribution in [3.05, 3.63) is 12.4 Å². The quantitative estimate of drug-likeness (QED) is 0.655. The van der Waals surface area contributed by atoms with Crippen LogP contribution in [0.3, 0.4) is 0 Å². The van der Waals surface area contributed by atoms with Crippen molar-refractivity contribution in [3.63, 3.8) is 0 Å². The molecule has 1 heterocycles. The molecular weight excluding hydrogens is 266 g/mol. The maximum absolute atomic E-state index is 11.8. The van der Waals surface area contributed by atoms with Gasteiger partial charge in [0.1, 0.15) is 6.54 Å². The Bertz CT molecular complexity index is 499. The number of aliphatic carboxylic acids is 1. The van der Waals surface area contributed by atoms with Crippen LogP contribution in [0.5, 0.6) is 0 Å². The zero-order valence-electron chi connectivity index (χ0n) is 11.3. The Kier molecular flexibility index (Phi) is 5.51. The Labute approximate surface area is 115 Å². The highest BCUT2D eigenvalue weighted by Gasteiger charge is 2.11. The first-order chi connectivity index (χ1) is 9.42. The van der Waals surface area contributed by atoms with Crippen molar-refractivity contribution in [2.24, 2.45) is 0 Å². The van der Waals surface area contributed by atoms with Crippen molar-refractivity contribution in [2.75, 3.05) is 26.0 Å². The molecule has 1 aromatic heterocycles. The van der Waals surface area contributed by atoms with Crippen LogP contribution in [0, 0.1) is 0 Å². The lowest BCUT2D eigenvalue weighted by atomic mass is 10.4. The number of carboxylic acids is 1. The molecule has 0 aliphatic rings. The highest BCUT2D eigenvalue weighted by Crippen LogP contribution is 2.06. The Morgan fingerprint density at radius 2 is 2.15 bits per heavy atom. The molecule has 0 atom stereocenters. The fourth-order valence-corrected chi connectivity index (χ4v) is 1.37. The molecule has 0 saturated heterocycles. The van der Waals surface area contributed by atoms with Gasteiger partial charge in [0.25, 0.3) is 0 Å². The number of hydrogen-bond donors (Lipinski definition) is 3. The van der Waals surface area contributed by atoms with E-state index in [2.05, 4.69) is 15.7 Å². The third-order valence-electron chi connectivity index (χ3n) is 2.48. The summed E-state index contributed by atoms with van der Waals surface area (Å²) >= 11 is 0. The number of carbonyl (C=O) groups is 3. The summed E-state index contributed by atoms with van der Waals surface area (Å²) in [6.45, 7) is -0.00283. The first-order valence-electron chi connectivity index (χ1n) is 5.89. The van der Waals surface area contributed by atoms with Gasteiger partial charge in [0.2, 0.25) is 5.91 Å². The fourth-order valence-electron chi connectivity index (χ4n) is 1.37. The molecule has 3 N–H and O–H groups in total. The van der Waals surface area contributed by atoms with Crippen molar-refractivity contribution >= 4 is 23.6 Å². The van der Waals surface area contributed by atoms with Gasteiger partial charge in [0, 0.05) is 33.3 Å². The molecule has 0 aliphatic carbocycles. The van der Waals surface area contributed by atoms with E-state index in [0.717, 1.165) is 0 Å². The second-order valence-electron chi connectivity index (χ2n) is 4.10. The van der Waals surface area contributed by atoms with Crippen LogP contribution >= 0.6 is 0 Å². The van der Waals surface area contributed by atoms with Gasteiger partial charge in [-0.05, 0) is 0 Å². The Balaban J connectivity index is 2.46. The lowest BCUT2D eigenvalue weighted by Crippen LogP contribution is -2.34. The molecule has 0 saturated carbocycles. The lowest BCUT2D eigenvalue weighted by Gasteiger charge is -2.16. The molecule has 0 aliphatic heterocycles. The summed E-state index contributed by atoms with van der Waals surface area (Å²) in [6, 6.07) is -0.399. The van der Waals surface area contributed by atoms with E-state index < -0.39 is 12.0 Å². The molecule has 1 rings (SSSR count). The van der Waals surface area contributed by atoms with Crippen LogP contribution in [0.25, 0.3) is 0 Å². The molecule has 0 spiro atoms. The predicted octanol–water partition coefficient (Wildman–Crippen LogP) is -0.432. The largest absolute Gasteiger partial charge is 0.480 e. The highest BCUT2D eigenvalue weighted by atomic mass is 16.4. The maximum atomic E-state index is 11.8. The number of urea groups is 1. The topological polar surface area (TPSA) is 117 Å². The standard InChI is InChI=1S/C11H17N5O4/c1-12-9(17)3-4-15(2)11(20)14-8-5-13-16(6-8)7-10(18)19/h5-6H,3-4,7H2,1-2H3,(H,12,17)(H,14,20)(H,18,19). The second kappa shape index (κ2) is 7.12. The summed E-state index contributed by atoms with van der Waals surface area (Å²) in [7, 11) is 3.08. The van der Waals surface area contributed by atoms with Crippen LogP contribution < -0.4 is 10.6 Å². The van der Waals surface area contributed by atoms with E-state index in [1.54, 1.807) is 7.05 Å². The molecule has 0 fully saturated rings. The molecule has 9 nitrogen and oxygen atoms in total. The van der Waals surface area contributed by atoms with Gasteiger partial charge in [-0.25, -0.2) is 4.79 Å². The zero-order chi connectivity index (χ0) is 15.1. The van der Waals surface area contributed by atoms with E-state index in [1.807, 2.05) is 0 Å². The van der Waals surface area contributed by atoms with E-state index >= 15 is 0 Å². The van der Waals surface area contributed by atoms with Crippen molar-refractivity contribution in [2.45, 2.75) is 13.0 Å². The molecule has 0 aromatic carbocycles. The van der Waals surface area contributed by atoms with E-state index in [1.165, 1.54) is 29.0 Å². The minimum absolute atomic E-state index is 0.154. The zero-order valence-corrected chi connectivity index (χ0v) is 11.3. The molecule has 3 amide bonds. The predicted molar refractivity (Wildman–Crippen MR) is 70.2 cm³/mol. The molecule has 9 heteroatoms. The van der Waals surface area contributed by atoms with Crippen LogP contribution in [0.15, 0.2) is 12.4 Å². The Morgan fingerprint density at radius 3 is 2.75 bits per heavy atom. The third-order valence-corrected chi connectivity index (χ3v) is 2.48. The molecular formula is C11H17N5O4. The molecule has 1 aromatic rings. The number of carboxylic acid groups (broad SMARTS) is 1. The van der Waals surface area contributed by atoms with Crippen LogP contribution in [-0.4, -0.2) is 58.3 Å². The van der Waals surface area contributed by atoms with Crippen molar-refractivity contribution in [1.82, 2.24) is 20.0 Å². The Morgan fingerprint density at radius 1 is 1.45 bits per heavy atom. The second-order valence-corrected chi connectivity index (χ2v) is 4.10. The SMILES string of the molecule is CNC(=O)CCN(C)C(=O)Nc1cnn(CC(=O)O)c1. The summed E-state index contributed by atoms with van der Waals surface area (Å²) in [4.78, 5) is 34.7. The van der Waals surface area contributed by atoms with Gasteiger partial charge in [-0.15, -0.1) is 0 Å². The van der Waals surface area contributed by atoms with E-state index in [0.29, 0.717) is 5.69 Å². The first-order valence-corrected chi connectivity index (χ1v) is 5.89. The summed E-state index contributed by atoms with van der Waals surface area (Å²) in [6.07, 6.45) is 2.98. The molecule has 0 radical (unpaired) electrons. The van der Waals surface area contributed by atoms with Gasteiger partial charge in [-0.3, -0.25) is 14.3 Å². The Hall–Kier alpha value is -2.58. The number of nitrogens with one attached hydrogen (secondary N) is 2. The van der Waals surface area contributed by atoms with Crippen molar-refractivity contribution in [3.8, 4) is 0 Å². The number of carbonyl (C=O) groups excluding carboxylic acids is 2. The first kappa shape index (κ1) is 15.5. The van der Waals surface area contributed by atoms with Crippen LogP contribution in [0.4, 0.5) is 10.5 Å². The summed E-state index contributed by atoms with van der Waals surface area (Å²) in [5.74, 6) is -1.17. The highest BCUT2D eigenvalue weighted by molar-refractivity contribution is 5.89. The van der Waals surface area contributed by atoms with Crippen molar-refractivity contribution in [1.29, 1.82) is 0 Å². The van der Waals surface area contributed by atoms with Gasteiger partial charge in [0.15, 0.2) is 0 Å². The summed E-state index contributed by atoms with van der Waals surface area (Å²) in [5, 5.41) is 17.4. The van der Waals surface area contributed by atoms with Crippen LogP contribution in [0.1, 0.15) is 6.42 Å². The lowest BCUT2D eigenvalue weighted by molar-refractivity contribution is -0.137. The van der Waals surface area contributed by atoms with Gasteiger partial charge in [-0.2, -0.15) is 5.10 Å². The number of aromatic nitrogens is 2. The molecule has 0 unspecified atom stereocenters. The minimum atomic E-state index is -1.02. The summed E-state index contributed by atoms with van der Waals surface area (Å²) in [5.41, 5.74) is 0.392. The van der Waals surface area contributed by atoms with Crippen LogP contribution in [0.2, 0.25) is 0 Å². The third kappa shape index (κ3) is 4.96. The molecule has 110 valence electrons. The molecule has 0 bridgehead atoms. The van der Waals surface area contributed by atoms with Crippen molar-refractivity contribution < 1.29 is 19.5 Å². The number of anilines is 1. The van der Waals surface area contributed by atoms with E-state index in [4.69, 9.17) is 5.11 Å². The normalized spacial score (nSPS) is 9.90. The average molecular weight is 283 g/mol. The number of nitrogens with zero attached hydrogens (tertiary/aromatic N) is 3. The van der Waals surface area contributed by atoms with Gasteiger partial charge in [0.05, 0.1) is 11.9 Å². The number of hydrogen-bond acceptors (Lipinski definition) is 4. The smallest absolute Gasteiger partial charge is 0.325 e. The number of rotatable bonds is 6. The van der Waals surface area contributed by atoms with Gasteiger partial charge in [-0.1, -0.05) is 0 Å². The maximum Gasteiger partial charge on any atom is 0.325 e. The minimum Gasteiger partial charge on any atom is -0.480 e.